The van der Waals surface area contributed by atoms with Crippen LogP contribution in [-0.4, -0.2) is 37.1 Å². The van der Waals surface area contributed by atoms with Gasteiger partial charge < -0.3 is 19.5 Å². The van der Waals surface area contributed by atoms with Gasteiger partial charge in [0.15, 0.2) is 17.6 Å². The molecule has 9 heteroatoms. The third-order valence-corrected chi connectivity index (χ3v) is 4.16. The molecule has 0 radical (unpaired) electrons. The van der Waals surface area contributed by atoms with Crippen LogP contribution in [0.3, 0.4) is 0 Å². The molecular formula is C20H22N2O7. The van der Waals surface area contributed by atoms with Crippen molar-refractivity contribution in [2.24, 2.45) is 0 Å². The smallest absolute Gasteiger partial charge is 0.346 e. The number of rotatable bonds is 8. The maximum absolute atomic E-state index is 12.5. The van der Waals surface area contributed by atoms with E-state index in [0.717, 1.165) is 23.3 Å². The van der Waals surface area contributed by atoms with Crippen molar-refractivity contribution in [1.82, 2.24) is 5.32 Å². The molecular weight excluding hydrogens is 380 g/mol. The number of nitro benzene ring substituents is 1. The van der Waals surface area contributed by atoms with Gasteiger partial charge in [-0.3, -0.25) is 14.9 Å². The van der Waals surface area contributed by atoms with Crippen molar-refractivity contribution in [3.8, 4) is 11.5 Å². The zero-order valence-corrected chi connectivity index (χ0v) is 16.6. The number of hydrogen-bond acceptors (Lipinski definition) is 7. The predicted molar refractivity (Wildman–Crippen MR) is 104 cm³/mol. The molecule has 0 unspecified atom stereocenters. The minimum absolute atomic E-state index is 0.0969. The molecule has 2 aromatic carbocycles. The molecule has 0 saturated heterocycles. The first-order valence-corrected chi connectivity index (χ1v) is 8.71. The molecule has 0 aromatic heterocycles. The average Bonchev–Trinajstić information content (AvgIpc) is 2.71. The Labute approximate surface area is 167 Å². The number of aryl methyl sites for hydroxylation is 1. The van der Waals surface area contributed by atoms with Gasteiger partial charge in [0.05, 0.1) is 25.2 Å². The summed E-state index contributed by atoms with van der Waals surface area (Å²) in [6.07, 6.45) is -1.15. The number of nitro groups is 1. The molecule has 1 atom stereocenters. The van der Waals surface area contributed by atoms with E-state index in [0.29, 0.717) is 0 Å². The van der Waals surface area contributed by atoms with Crippen molar-refractivity contribution >= 4 is 17.6 Å². The van der Waals surface area contributed by atoms with Crippen LogP contribution in [0, 0.1) is 17.0 Å². The molecule has 0 fully saturated rings. The Morgan fingerprint density at radius 3 is 2.24 bits per heavy atom. The fraction of sp³-hybridized carbons (Fsp3) is 0.300. The zero-order chi connectivity index (χ0) is 21.6. The molecule has 0 bridgehead atoms. The van der Waals surface area contributed by atoms with Gasteiger partial charge >= 0.3 is 5.97 Å². The maximum Gasteiger partial charge on any atom is 0.346 e. The lowest BCUT2D eigenvalue weighted by Gasteiger charge is -2.15. The number of carbonyl (C=O) groups excluding carboxylic acids is 2. The number of carbonyl (C=O) groups is 2. The monoisotopic (exact) mass is 402 g/mol. The molecule has 29 heavy (non-hydrogen) atoms. The summed E-state index contributed by atoms with van der Waals surface area (Å²) in [4.78, 5) is 35.3. The number of methoxy groups -OCH3 is 2. The number of esters is 1. The zero-order valence-electron chi connectivity index (χ0n) is 16.6. The summed E-state index contributed by atoms with van der Waals surface area (Å²) in [6.45, 7) is 3.60. The predicted octanol–water partition coefficient (Wildman–Crippen LogP) is 2.78. The second kappa shape index (κ2) is 9.54. The largest absolute Gasteiger partial charge is 0.493 e. The molecule has 0 spiro atoms. The van der Waals surface area contributed by atoms with Gasteiger partial charge in [-0.1, -0.05) is 29.8 Å². The Morgan fingerprint density at radius 2 is 1.69 bits per heavy atom. The van der Waals surface area contributed by atoms with Gasteiger partial charge in [0.25, 0.3) is 11.6 Å². The minimum atomic E-state index is -1.15. The van der Waals surface area contributed by atoms with Crippen LogP contribution in [0.25, 0.3) is 0 Å². The summed E-state index contributed by atoms with van der Waals surface area (Å²) in [7, 11) is 2.65. The van der Waals surface area contributed by atoms with Crippen LogP contribution in [-0.2, 0) is 16.1 Å². The molecule has 2 aromatic rings. The van der Waals surface area contributed by atoms with Gasteiger partial charge in [-0.25, -0.2) is 4.79 Å². The second-order valence-electron chi connectivity index (χ2n) is 6.23. The highest BCUT2D eigenvalue weighted by Crippen LogP contribution is 2.34. The fourth-order valence-electron chi connectivity index (χ4n) is 2.50. The van der Waals surface area contributed by atoms with Crippen LogP contribution in [0.5, 0.6) is 11.5 Å². The number of benzene rings is 2. The highest BCUT2D eigenvalue weighted by atomic mass is 16.6. The Bertz CT molecular complexity index is 910. The number of amides is 1. The van der Waals surface area contributed by atoms with Crippen molar-refractivity contribution in [3.63, 3.8) is 0 Å². The number of nitrogens with one attached hydrogen (secondary N) is 1. The quantitative estimate of drug-likeness (QED) is 0.410. The van der Waals surface area contributed by atoms with Crippen LogP contribution in [0.1, 0.15) is 28.4 Å². The van der Waals surface area contributed by atoms with Crippen molar-refractivity contribution < 1.29 is 28.7 Å². The minimum Gasteiger partial charge on any atom is -0.493 e. The standard InChI is InChI=1S/C20H22N2O7/c1-12-5-7-14(8-6-12)11-21-19(23)13(2)29-20(24)15-9-17(27-3)18(28-4)10-16(15)22(25)26/h5-10,13H,11H2,1-4H3,(H,21,23)/t13-/m0/s1. The molecule has 0 heterocycles. The lowest BCUT2D eigenvalue weighted by Crippen LogP contribution is -2.35. The average molecular weight is 402 g/mol. The first-order chi connectivity index (χ1) is 13.8. The third kappa shape index (κ3) is 5.44. The summed E-state index contributed by atoms with van der Waals surface area (Å²) in [6, 6.07) is 9.80. The summed E-state index contributed by atoms with van der Waals surface area (Å²) >= 11 is 0. The highest BCUT2D eigenvalue weighted by Gasteiger charge is 2.28. The maximum atomic E-state index is 12.5. The van der Waals surface area contributed by atoms with Crippen molar-refractivity contribution in [1.29, 1.82) is 0 Å². The number of ether oxygens (including phenoxy) is 3. The van der Waals surface area contributed by atoms with E-state index in [1.165, 1.54) is 21.1 Å². The fourth-order valence-corrected chi connectivity index (χ4v) is 2.50. The van der Waals surface area contributed by atoms with E-state index in [-0.39, 0.29) is 23.6 Å². The van der Waals surface area contributed by atoms with Gasteiger partial charge in [0.1, 0.15) is 5.56 Å². The normalized spacial score (nSPS) is 11.3. The van der Waals surface area contributed by atoms with Crippen molar-refractivity contribution in [2.45, 2.75) is 26.5 Å². The number of nitrogens with zero attached hydrogens (tertiary/aromatic N) is 1. The molecule has 0 aliphatic heterocycles. The van der Waals surface area contributed by atoms with Gasteiger partial charge in [-0.15, -0.1) is 0 Å². The van der Waals surface area contributed by atoms with Gasteiger partial charge in [-0.2, -0.15) is 0 Å². The third-order valence-electron chi connectivity index (χ3n) is 4.16. The SMILES string of the molecule is COc1cc(C(=O)O[C@@H](C)C(=O)NCc2ccc(C)cc2)c([N+](=O)[O-])cc1OC. The van der Waals surface area contributed by atoms with Gasteiger partial charge in [-0.05, 0) is 19.4 Å². The summed E-state index contributed by atoms with van der Waals surface area (Å²) in [5.41, 5.74) is 1.13. The highest BCUT2D eigenvalue weighted by molar-refractivity contribution is 5.96. The van der Waals surface area contributed by atoms with E-state index in [9.17, 15) is 19.7 Å². The van der Waals surface area contributed by atoms with E-state index < -0.39 is 28.6 Å². The van der Waals surface area contributed by atoms with Crippen molar-refractivity contribution in [3.05, 3.63) is 63.2 Å². The van der Waals surface area contributed by atoms with Gasteiger partial charge in [0, 0.05) is 12.6 Å². The van der Waals surface area contributed by atoms with Crippen LogP contribution in [0.4, 0.5) is 5.69 Å². The molecule has 1 amide bonds. The Hall–Kier alpha value is -3.62. The number of hydrogen-bond donors (Lipinski definition) is 1. The van der Waals surface area contributed by atoms with Crippen molar-refractivity contribution in [2.75, 3.05) is 14.2 Å². The van der Waals surface area contributed by atoms with E-state index in [1.54, 1.807) is 0 Å². The second-order valence-corrected chi connectivity index (χ2v) is 6.23. The first kappa shape index (κ1) is 21.7. The Morgan fingerprint density at radius 1 is 1.10 bits per heavy atom. The Kier molecular flexibility index (Phi) is 7.13. The molecule has 0 aliphatic carbocycles. The van der Waals surface area contributed by atoms with Crippen LogP contribution < -0.4 is 14.8 Å². The molecule has 0 aliphatic rings. The molecule has 1 N–H and O–H groups in total. The summed E-state index contributed by atoms with van der Waals surface area (Å²) in [5, 5.41) is 14.0. The first-order valence-electron chi connectivity index (χ1n) is 8.71. The van der Waals surface area contributed by atoms with Gasteiger partial charge in [0.2, 0.25) is 0 Å². The molecule has 154 valence electrons. The van der Waals surface area contributed by atoms with E-state index in [1.807, 2.05) is 31.2 Å². The van der Waals surface area contributed by atoms with E-state index >= 15 is 0 Å². The summed E-state index contributed by atoms with van der Waals surface area (Å²) in [5.74, 6) is -1.32. The van der Waals surface area contributed by atoms with E-state index in [4.69, 9.17) is 14.2 Å². The molecule has 9 nitrogen and oxygen atoms in total. The lowest BCUT2D eigenvalue weighted by atomic mass is 10.1. The lowest BCUT2D eigenvalue weighted by molar-refractivity contribution is -0.385. The van der Waals surface area contributed by atoms with E-state index in [2.05, 4.69) is 5.32 Å². The van der Waals surface area contributed by atoms with Crippen LogP contribution in [0.15, 0.2) is 36.4 Å². The molecule has 0 saturated carbocycles. The van der Waals surface area contributed by atoms with Crippen LogP contribution in [0.2, 0.25) is 0 Å². The molecule has 2 rings (SSSR count). The van der Waals surface area contributed by atoms with Crippen LogP contribution >= 0.6 is 0 Å². The summed E-state index contributed by atoms with van der Waals surface area (Å²) < 4.78 is 15.2. The topological polar surface area (TPSA) is 117 Å². The Balaban J connectivity index is 2.10.